The molecule has 7 nitrogen and oxygen atoms in total. The third-order valence-corrected chi connectivity index (χ3v) is 5.41. The molecular formula is C27H22FN3O4. The van der Waals surface area contributed by atoms with Crippen LogP contribution < -0.4 is 10.6 Å². The lowest BCUT2D eigenvalue weighted by Crippen LogP contribution is -2.45. The van der Waals surface area contributed by atoms with Crippen LogP contribution in [0, 0.1) is 5.82 Å². The summed E-state index contributed by atoms with van der Waals surface area (Å²) in [6.45, 7) is 0. The quantitative estimate of drug-likeness (QED) is 0.292. The molecule has 0 aliphatic heterocycles. The zero-order chi connectivity index (χ0) is 24.8. The van der Waals surface area contributed by atoms with Crippen molar-refractivity contribution in [2.24, 2.45) is 0 Å². The summed E-state index contributed by atoms with van der Waals surface area (Å²) in [6.07, 6.45) is 3.10. The predicted octanol–water partition coefficient (Wildman–Crippen LogP) is 3.89. The van der Waals surface area contributed by atoms with Crippen LogP contribution in [0.5, 0.6) is 0 Å². The van der Waals surface area contributed by atoms with Crippen molar-refractivity contribution >= 4 is 34.8 Å². The molecule has 35 heavy (non-hydrogen) atoms. The number of hydrogen-bond donors (Lipinski definition) is 4. The molecule has 4 rings (SSSR count). The molecule has 1 atom stereocenters. The molecule has 4 N–H and O–H groups in total. The monoisotopic (exact) mass is 471 g/mol. The highest BCUT2D eigenvalue weighted by molar-refractivity contribution is 6.06. The van der Waals surface area contributed by atoms with E-state index in [1.54, 1.807) is 36.5 Å². The number of aliphatic carboxylic acids is 1. The van der Waals surface area contributed by atoms with Crippen LogP contribution in [0.15, 0.2) is 90.8 Å². The van der Waals surface area contributed by atoms with Crippen LogP contribution in [0.4, 0.5) is 4.39 Å². The van der Waals surface area contributed by atoms with E-state index < -0.39 is 29.6 Å². The van der Waals surface area contributed by atoms with Crippen LogP contribution in [-0.2, 0) is 16.0 Å². The van der Waals surface area contributed by atoms with E-state index in [1.165, 1.54) is 30.3 Å². The number of carbonyl (C=O) groups excluding carboxylic acids is 2. The van der Waals surface area contributed by atoms with Crippen molar-refractivity contribution in [1.29, 1.82) is 0 Å². The van der Waals surface area contributed by atoms with Gasteiger partial charge < -0.3 is 20.7 Å². The predicted molar refractivity (Wildman–Crippen MR) is 130 cm³/mol. The summed E-state index contributed by atoms with van der Waals surface area (Å²) in [5.41, 5.74) is 2.18. The second-order valence-electron chi connectivity index (χ2n) is 7.86. The van der Waals surface area contributed by atoms with E-state index in [1.807, 2.05) is 24.3 Å². The van der Waals surface area contributed by atoms with Gasteiger partial charge in [0.2, 0.25) is 0 Å². The molecule has 0 saturated carbocycles. The van der Waals surface area contributed by atoms with Crippen LogP contribution in [-0.4, -0.2) is 33.9 Å². The summed E-state index contributed by atoms with van der Waals surface area (Å²) in [4.78, 5) is 40.9. The number of rotatable bonds is 8. The molecular weight excluding hydrogens is 449 g/mol. The fourth-order valence-corrected chi connectivity index (χ4v) is 3.62. The number of fused-ring (bicyclic) bond motifs is 1. The molecule has 0 aliphatic rings. The number of aromatic amines is 1. The second-order valence-corrected chi connectivity index (χ2v) is 7.86. The Morgan fingerprint density at radius 1 is 0.943 bits per heavy atom. The van der Waals surface area contributed by atoms with Crippen molar-refractivity contribution < 1.29 is 23.9 Å². The average molecular weight is 471 g/mol. The average Bonchev–Trinajstić information content (AvgIpc) is 3.27. The van der Waals surface area contributed by atoms with Gasteiger partial charge in [-0.2, -0.15) is 0 Å². The van der Waals surface area contributed by atoms with Gasteiger partial charge in [-0.05, 0) is 47.5 Å². The lowest BCUT2D eigenvalue weighted by Gasteiger charge is -2.17. The molecule has 0 fully saturated rings. The van der Waals surface area contributed by atoms with Gasteiger partial charge in [0.1, 0.15) is 17.6 Å². The first kappa shape index (κ1) is 23.4. The SMILES string of the molecule is O=C(NC(Cc1c[nH]c2ccccc12)C(=O)O)/C(=C/c1ccc(F)cc1)NC(=O)c1ccccc1. The number of benzene rings is 3. The maximum absolute atomic E-state index is 13.3. The highest BCUT2D eigenvalue weighted by Crippen LogP contribution is 2.19. The summed E-state index contributed by atoms with van der Waals surface area (Å²) in [6, 6.07) is 19.8. The fourth-order valence-electron chi connectivity index (χ4n) is 3.62. The number of carboxylic acids is 1. The maximum Gasteiger partial charge on any atom is 0.326 e. The van der Waals surface area contributed by atoms with Crippen molar-refractivity contribution in [1.82, 2.24) is 15.6 Å². The number of hydrogen-bond acceptors (Lipinski definition) is 3. The summed E-state index contributed by atoms with van der Waals surface area (Å²) >= 11 is 0. The van der Waals surface area contributed by atoms with Crippen LogP contribution in [0.3, 0.4) is 0 Å². The zero-order valence-electron chi connectivity index (χ0n) is 18.5. The van der Waals surface area contributed by atoms with Gasteiger partial charge in [-0.1, -0.05) is 48.5 Å². The van der Waals surface area contributed by atoms with Crippen molar-refractivity contribution in [3.8, 4) is 0 Å². The van der Waals surface area contributed by atoms with Crippen LogP contribution in [0.2, 0.25) is 0 Å². The molecule has 1 aromatic heterocycles. The Bertz CT molecular complexity index is 1390. The minimum atomic E-state index is -1.26. The lowest BCUT2D eigenvalue weighted by atomic mass is 10.0. The Kier molecular flexibility index (Phi) is 7.02. The van der Waals surface area contributed by atoms with Crippen molar-refractivity contribution in [3.05, 3.63) is 113 Å². The normalized spacial score (nSPS) is 12.2. The fraction of sp³-hybridized carbons (Fsp3) is 0.0741. The number of halogens is 1. The van der Waals surface area contributed by atoms with Crippen LogP contribution in [0.25, 0.3) is 17.0 Å². The summed E-state index contributed by atoms with van der Waals surface area (Å²) in [7, 11) is 0. The lowest BCUT2D eigenvalue weighted by molar-refractivity contribution is -0.141. The van der Waals surface area contributed by atoms with Gasteiger partial charge in [-0.25, -0.2) is 9.18 Å². The molecule has 8 heteroatoms. The van der Waals surface area contributed by atoms with Gasteiger partial charge in [-0.3, -0.25) is 9.59 Å². The number of nitrogens with one attached hydrogen (secondary N) is 3. The molecule has 0 radical (unpaired) electrons. The van der Waals surface area contributed by atoms with E-state index >= 15 is 0 Å². The molecule has 4 aromatic rings. The molecule has 2 amide bonds. The summed E-state index contributed by atoms with van der Waals surface area (Å²) in [5.74, 6) is -3.01. The number of carboxylic acid groups (broad SMARTS) is 1. The Balaban J connectivity index is 1.59. The van der Waals surface area contributed by atoms with E-state index in [9.17, 15) is 23.9 Å². The Morgan fingerprint density at radius 3 is 2.34 bits per heavy atom. The molecule has 0 saturated heterocycles. The number of aromatic nitrogens is 1. The number of carbonyl (C=O) groups is 3. The zero-order valence-corrected chi connectivity index (χ0v) is 18.5. The third kappa shape index (κ3) is 5.80. The number of para-hydroxylation sites is 1. The highest BCUT2D eigenvalue weighted by Gasteiger charge is 2.24. The molecule has 0 spiro atoms. The van der Waals surface area contributed by atoms with Gasteiger partial charge in [0, 0.05) is 29.1 Å². The maximum atomic E-state index is 13.3. The van der Waals surface area contributed by atoms with E-state index in [4.69, 9.17) is 0 Å². The first-order chi connectivity index (χ1) is 16.9. The molecule has 1 heterocycles. The first-order valence-electron chi connectivity index (χ1n) is 10.8. The number of amides is 2. The largest absolute Gasteiger partial charge is 0.480 e. The Labute approximate surface area is 200 Å². The van der Waals surface area contributed by atoms with Crippen molar-refractivity contribution in [2.45, 2.75) is 12.5 Å². The van der Waals surface area contributed by atoms with Gasteiger partial charge in [0.25, 0.3) is 11.8 Å². The topological polar surface area (TPSA) is 111 Å². The van der Waals surface area contributed by atoms with E-state index in [0.29, 0.717) is 11.1 Å². The number of H-pyrrole nitrogens is 1. The van der Waals surface area contributed by atoms with Crippen molar-refractivity contribution in [3.63, 3.8) is 0 Å². The minimum absolute atomic E-state index is 0.0293. The Hall–Kier alpha value is -4.72. The summed E-state index contributed by atoms with van der Waals surface area (Å²) < 4.78 is 13.3. The second kappa shape index (κ2) is 10.5. The standard InChI is InChI=1S/C27H22FN3O4/c28-20-12-10-17(11-13-20)14-23(30-25(32)18-6-2-1-3-7-18)26(33)31-24(27(34)35)15-19-16-29-22-9-5-4-8-21(19)22/h1-14,16,24,29H,15H2,(H,30,32)(H,31,33)(H,34,35)/b23-14-. The molecule has 0 aliphatic carbocycles. The first-order valence-corrected chi connectivity index (χ1v) is 10.8. The van der Waals surface area contributed by atoms with Crippen molar-refractivity contribution in [2.75, 3.05) is 0 Å². The van der Waals surface area contributed by atoms with E-state index in [0.717, 1.165) is 16.5 Å². The Morgan fingerprint density at radius 2 is 1.63 bits per heavy atom. The van der Waals surface area contributed by atoms with Crippen LogP contribution in [0.1, 0.15) is 21.5 Å². The van der Waals surface area contributed by atoms with E-state index in [-0.39, 0.29) is 12.1 Å². The van der Waals surface area contributed by atoms with E-state index in [2.05, 4.69) is 15.6 Å². The third-order valence-electron chi connectivity index (χ3n) is 5.41. The van der Waals surface area contributed by atoms with Gasteiger partial charge in [0.05, 0.1) is 0 Å². The van der Waals surface area contributed by atoms with Gasteiger partial charge in [-0.15, -0.1) is 0 Å². The summed E-state index contributed by atoms with van der Waals surface area (Å²) in [5, 5.41) is 15.7. The molecule has 1 unspecified atom stereocenters. The van der Waals surface area contributed by atoms with Crippen LogP contribution >= 0.6 is 0 Å². The smallest absolute Gasteiger partial charge is 0.326 e. The van der Waals surface area contributed by atoms with Gasteiger partial charge >= 0.3 is 5.97 Å². The highest BCUT2D eigenvalue weighted by atomic mass is 19.1. The molecule has 176 valence electrons. The minimum Gasteiger partial charge on any atom is -0.480 e. The molecule has 0 bridgehead atoms. The molecule has 3 aromatic carbocycles. The van der Waals surface area contributed by atoms with Gasteiger partial charge in [0.15, 0.2) is 0 Å².